The van der Waals surface area contributed by atoms with Crippen LogP contribution in [0, 0.1) is 5.92 Å². The first kappa shape index (κ1) is 18.9. The fourth-order valence-corrected chi connectivity index (χ4v) is 4.83. The number of hydrogen-bond acceptors (Lipinski definition) is 1. The maximum Gasteiger partial charge on any atom is 0.0897 e. The Morgan fingerprint density at radius 2 is 1.36 bits per heavy atom. The van der Waals surface area contributed by atoms with Crippen LogP contribution in [0.4, 0.5) is 4.39 Å². The highest BCUT2D eigenvalue weighted by atomic mass is 19.1. The Bertz CT molecular complexity index is 481. The lowest BCUT2D eigenvalue weighted by Gasteiger charge is -2.30. The highest BCUT2D eigenvalue weighted by Crippen LogP contribution is 2.39. The van der Waals surface area contributed by atoms with E-state index in [1.807, 2.05) is 0 Å². The molecule has 0 atom stereocenters. The van der Waals surface area contributed by atoms with Crippen LogP contribution in [-0.4, -0.2) is 19.4 Å². The van der Waals surface area contributed by atoms with Crippen LogP contribution in [0.2, 0.25) is 0 Å². The fourth-order valence-electron chi connectivity index (χ4n) is 4.83. The fraction of sp³-hybridized carbons (Fsp3) is 0.739. The number of alkyl halides is 1. The second-order valence-electron chi connectivity index (χ2n) is 8.21. The Hall–Kier alpha value is -0.890. The van der Waals surface area contributed by atoms with E-state index < -0.39 is 0 Å². The number of ether oxygens (including phenoxy) is 1. The molecule has 0 aliphatic heterocycles. The minimum Gasteiger partial charge on any atom is -0.378 e. The van der Waals surface area contributed by atoms with Crippen molar-refractivity contribution in [1.29, 1.82) is 0 Å². The second kappa shape index (κ2) is 9.71. The molecule has 0 aromatic heterocycles. The average Bonchev–Trinajstić information content (AvgIpc) is 2.68. The van der Waals surface area contributed by atoms with Crippen LogP contribution < -0.4 is 0 Å². The smallest absolute Gasteiger partial charge is 0.0897 e. The maximum absolute atomic E-state index is 12.5. The minimum atomic E-state index is -0.143. The molecule has 0 radical (unpaired) electrons. The largest absolute Gasteiger partial charge is 0.378 e. The molecule has 2 aliphatic carbocycles. The standard InChI is InChI=1S/C23H35FO/c1-2-17-25-23-13-11-22(12-14-23)21-9-7-20(8-10-21)19-5-3-18(4-6-19)15-16-24/h7-10,18-19,22-23H,2-6,11-17H2,1H3. The van der Waals surface area contributed by atoms with E-state index in [4.69, 9.17) is 4.74 Å². The molecule has 0 spiro atoms. The number of rotatable bonds is 7. The third kappa shape index (κ3) is 5.29. The molecule has 3 rings (SSSR count). The highest BCUT2D eigenvalue weighted by Gasteiger charge is 2.24. The molecule has 0 heterocycles. The zero-order chi connectivity index (χ0) is 17.5. The van der Waals surface area contributed by atoms with Crippen LogP contribution in [0.25, 0.3) is 0 Å². The third-order valence-electron chi connectivity index (χ3n) is 6.48. The SMILES string of the molecule is CCCOC1CCC(c2ccc(C3CCC(CCF)CC3)cc2)CC1. The topological polar surface area (TPSA) is 9.23 Å². The Labute approximate surface area is 153 Å². The van der Waals surface area contributed by atoms with E-state index in [-0.39, 0.29) is 6.67 Å². The van der Waals surface area contributed by atoms with Gasteiger partial charge in [-0.1, -0.05) is 31.2 Å². The first-order valence-electron chi connectivity index (χ1n) is 10.6. The van der Waals surface area contributed by atoms with Crippen molar-refractivity contribution < 1.29 is 9.13 Å². The normalized spacial score (nSPS) is 30.3. The van der Waals surface area contributed by atoms with Gasteiger partial charge in [-0.3, -0.25) is 4.39 Å². The quantitative estimate of drug-likeness (QED) is 0.529. The van der Waals surface area contributed by atoms with Crippen LogP contribution in [-0.2, 0) is 4.74 Å². The zero-order valence-electron chi connectivity index (χ0n) is 15.9. The highest BCUT2D eigenvalue weighted by molar-refractivity contribution is 5.28. The van der Waals surface area contributed by atoms with Gasteiger partial charge in [0, 0.05) is 6.61 Å². The molecule has 2 fully saturated rings. The molecule has 0 N–H and O–H groups in total. The van der Waals surface area contributed by atoms with E-state index in [1.54, 1.807) is 0 Å². The van der Waals surface area contributed by atoms with Gasteiger partial charge in [-0.25, -0.2) is 0 Å². The van der Waals surface area contributed by atoms with Crippen molar-refractivity contribution >= 4 is 0 Å². The predicted molar refractivity (Wildman–Crippen MR) is 103 cm³/mol. The predicted octanol–water partition coefficient (Wildman–Crippen LogP) is 6.77. The Morgan fingerprint density at radius 1 is 0.840 bits per heavy atom. The van der Waals surface area contributed by atoms with Crippen molar-refractivity contribution in [3.8, 4) is 0 Å². The molecule has 2 saturated carbocycles. The molecule has 1 aromatic rings. The van der Waals surface area contributed by atoms with Gasteiger partial charge in [0.2, 0.25) is 0 Å². The number of hydrogen-bond donors (Lipinski definition) is 0. The first-order valence-corrected chi connectivity index (χ1v) is 10.6. The molecule has 2 heteroatoms. The molecule has 0 bridgehead atoms. The van der Waals surface area contributed by atoms with Crippen molar-refractivity contribution in [2.24, 2.45) is 5.92 Å². The Morgan fingerprint density at radius 3 is 1.84 bits per heavy atom. The summed E-state index contributed by atoms with van der Waals surface area (Å²) in [4.78, 5) is 0. The molecule has 1 aromatic carbocycles. The molecule has 1 nitrogen and oxygen atoms in total. The summed E-state index contributed by atoms with van der Waals surface area (Å²) in [6, 6.07) is 9.49. The van der Waals surface area contributed by atoms with Gasteiger partial charge in [0.1, 0.15) is 0 Å². The van der Waals surface area contributed by atoms with Gasteiger partial charge in [-0.05, 0) is 93.1 Å². The molecular weight excluding hydrogens is 311 g/mol. The van der Waals surface area contributed by atoms with E-state index in [0.717, 1.165) is 25.4 Å². The molecule has 0 unspecified atom stereocenters. The summed E-state index contributed by atoms with van der Waals surface area (Å²) in [5, 5.41) is 0. The van der Waals surface area contributed by atoms with Crippen LogP contribution in [0.3, 0.4) is 0 Å². The van der Waals surface area contributed by atoms with Crippen molar-refractivity contribution in [1.82, 2.24) is 0 Å². The van der Waals surface area contributed by atoms with Crippen LogP contribution in [0.1, 0.15) is 94.1 Å². The summed E-state index contributed by atoms with van der Waals surface area (Å²) in [5.74, 6) is 2.05. The van der Waals surface area contributed by atoms with E-state index in [2.05, 4.69) is 31.2 Å². The van der Waals surface area contributed by atoms with Crippen molar-refractivity contribution in [2.75, 3.05) is 13.3 Å². The minimum absolute atomic E-state index is 0.143. The third-order valence-corrected chi connectivity index (χ3v) is 6.48. The first-order chi connectivity index (χ1) is 12.3. The van der Waals surface area contributed by atoms with Crippen LogP contribution in [0.5, 0.6) is 0 Å². The zero-order valence-corrected chi connectivity index (χ0v) is 15.9. The van der Waals surface area contributed by atoms with Gasteiger partial charge < -0.3 is 4.74 Å². The molecule has 2 aliphatic rings. The maximum atomic E-state index is 12.5. The lowest BCUT2D eigenvalue weighted by Crippen LogP contribution is -2.21. The number of halogens is 1. The monoisotopic (exact) mass is 346 g/mol. The summed E-state index contributed by atoms with van der Waals surface area (Å²) in [6.45, 7) is 2.95. The van der Waals surface area contributed by atoms with Gasteiger partial charge in [-0.15, -0.1) is 0 Å². The molecule has 25 heavy (non-hydrogen) atoms. The lowest BCUT2D eigenvalue weighted by atomic mass is 9.77. The van der Waals surface area contributed by atoms with E-state index in [9.17, 15) is 4.39 Å². The van der Waals surface area contributed by atoms with Gasteiger partial charge in [-0.2, -0.15) is 0 Å². The van der Waals surface area contributed by atoms with Crippen LogP contribution >= 0.6 is 0 Å². The summed E-state index contributed by atoms with van der Waals surface area (Å²) in [5.41, 5.74) is 3.02. The molecule has 0 saturated heterocycles. The van der Waals surface area contributed by atoms with Gasteiger partial charge >= 0.3 is 0 Å². The van der Waals surface area contributed by atoms with E-state index >= 15 is 0 Å². The van der Waals surface area contributed by atoms with Crippen molar-refractivity contribution in [2.45, 2.75) is 89.1 Å². The Kier molecular flexibility index (Phi) is 7.34. The Balaban J connectivity index is 1.48. The van der Waals surface area contributed by atoms with Crippen LogP contribution in [0.15, 0.2) is 24.3 Å². The lowest BCUT2D eigenvalue weighted by molar-refractivity contribution is 0.0251. The van der Waals surface area contributed by atoms with Gasteiger partial charge in [0.15, 0.2) is 0 Å². The molecule has 140 valence electrons. The van der Waals surface area contributed by atoms with E-state index in [0.29, 0.717) is 17.9 Å². The van der Waals surface area contributed by atoms with Gasteiger partial charge in [0.25, 0.3) is 0 Å². The second-order valence-corrected chi connectivity index (χ2v) is 8.21. The average molecular weight is 347 g/mol. The summed E-state index contributed by atoms with van der Waals surface area (Å²) < 4.78 is 18.4. The van der Waals surface area contributed by atoms with Gasteiger partial charge in [0.05, 0.1) is 12.8 Å². The number of benzene rings is 1. The van der Waals surface area contributed by atoms with E-state index in [1.165, 1.54) is 62.5 Å². The molecule has 0 amide bonds. The molecular formula is C23H35FO. The summed E-state index contributed by atoms with van der Waals surface area (Å²) >= 11 is 0. The summed E-state index contributed by atoms with van der Waals surface area (Å²) in [6.07, 6.45) is 12.2. The summed E-state index contributed by atoms with van der Waals surface area (Å²) in [7, 11) is 0. The van der Waals surface area contributed by atoms with Crippen molar-refractivity contribution in [3.05, 3.63) is 35.4 Å². The van der Waals surface area contributed by atoms with Crippen molar-refractivity contribution in [3.63, 3.8) is 0 Å².